The Morgan fingerprint density at radius 3 is 2.38 bits per heavy atom. The van der Waals surface area contributed by atoms with E-state index in [0.29, 0.717) is 6.42 Å². The van der Waals surface area contributed by atoms with Gasteiger partial charge in [-0.25, -0.2) is 8.42 Å². The summed E-state index contributed by atoms with van der Waals surface area (Å²) < 4.78 is 22.0. The van der Waals surface area contributed by atoms with Gasteiger partial charge in [-0.05, 0) is 25.5 Å². The summed E-state index contributed by atoms with van der Waals surface area (Å²) >= 11 is 0. The van der Waals surface area contributed by atoms with Gasteiger partial charge in [-0.1, -0.05) is 30.3 Å². The lowest BCUT2D eigenvalue weighted by molar-refractivity contribution is 0.536. The Kier molecular flexibility index (Phi) is 4.96. The van der Waals surface area contributed by atoms with Crippen LogP contribution in [0.5, 0.6) is 0 Å². The van der Waals surface area contributed by atoms with E-state index >= 15 is 0 Å². The normalized spacial score (nSPS) is 13.6. The van der Waals surface area contributed by atoms with Crippen LogP contribution in [0.25, 0.3) is 0 Å². The third-order valence-electron chi connectivity index (χ3n) is 2.56. The molecule has 3 nitrogen and oxygen atoms in total. The molecule has 0 fully saturated rings. The van der Waals surface area contributed by atoms with Crippen LogP contribution in [0.15, 0.2) is 30.3 Å². The number of nitrogens with one attached hydrogen (secondary N) is 1. The fourth-order valence-corrected chi connectivity index (χ4v) is 2.40. The molecule has 1 aromatic rings. The van der Waals surface area contributed by atoms with E-state index in [4.69, 9.17) is 0 Å². The zero-order valence-corrected chi connectivity index (χ0v) is 10.6. The summed E-state index contributed by atoms with van der Waals surface area (Å²) in [7, 11) is -0.937. The molecule has 0 aliphatic carbocycles. The average molecular weight is 241 g/mol. The Labute approximate surface area is 97.8 Å². The summed E-state index contributed by atoms with van der Waals surface area (Å²) in [5, 5.41) is 3.21. The maximum absolute atomic E-state index is 11.0. The highest BCUT2D eigenvalue weighted by atomic mass is 32.2. The quantitative estimate of drug-likeness (QED) is 0.825. The van der Waals surface area contributed by atoms with Crippen molar-refractivity contribution in [1.82, 2.24) is 5.32 Å². The van der Waals surface area contributed by atoms with Gasteiger partial charge >= 0.3 is 0 Å². The molecule has 16 heavy (non-hydrogen) atoms. The van der Waals surface area contributed by atoms with Crippen molar-refractivity contribution in [2.24, 2.45) is 0 Å². The van der Waals surface area contributed by atoms with E-state index in [1.165, 1.54) is 11.8 Å². The van der Waals surface area contributed by atoms with Gasteiger partial charge in [-0.2, -0.15) is 0 Å². The van der Waals surface area contributed by atoms with Crippen LogP contribution < -0.4 is 5.32 Å². The zero-order valence-electron chi connectivity index (χ0n) is 9.81. The van der Waals surface area contributed by atoms with Crippen molar-refractivity contribution in [1.29, 1.82) is 0 Å². The summed E-state index contributed by atoms with van der Waals surface area (Å²) in [6, 6.07) is 10.3. The Morgan fingerprint density at radius 2 is 1.88 bits per heavy atom. The Balaban J connectivity index is 2.51. The predicted molar refractivity (Wildman–Crippen MR) is 67.2 cm³/mol. The fourth-order valence-electron chi connectivity index (χ4n) is 1.71. The molecule has 1 N–H and O–H groups in total. The highest BCUT2D eigenvalue weighted by Gasteiger charge is 2.10. The molecule has 0 heterocycles. The van der Waals surface area contributed by atoms with Gasteiger partial charge in [0.05, 0.1) is 0 Å². The fraction of sp³-hybridized carbons (Fsp3) is 0.500. The second-order valence-corrected chi connectivity index (χ2v) is 6.28. The molecule has 0 bridgehead atoms. The molecule has 0 aliphatic heterocycles. The van der Waals surface area contributed by atoms with E-state index in [1.54, 1.807) is 0 Å². The lowest BCUT2D eigenvalue weighted by Gasteiger charge is -2.16. The van der Waals surface area contributed by atoms with Crippen molar-refractivity contribution >= 4 is 9.84 Å². The maximum Gasteiger partial charge on any atom is 0.147 e. The SMILES string of the molecule is CNC(CCCS(C)(=O)=O)c1ccccc1. The lowest BCUT2D eigenvalue weighted by Crippen LogP contribution is -2.17. The number of sulfone groups is 1. The first-order chi connectivity index (χ1) is 7.53. The van der Waals surface area contributed by atoms with Gasteiger partial charge in [0, 0.05) is 18.1 Å². The zero-order chi connectivity index (χ0) is 12.0. The lowest BCUT2D eigenvalue weighted by atomic mass is 10.0. The van der Waals surface area contributed by atoms with Crippen LogP contribution in [-0.2, 0) is 9.84 Å². The number of benzene rings is 1. The number of hydrogen-bond acceptors (Lipinski definition) is 3. The molecule has 0 aliphatic rings. The molecule has 0 aromatic heterocycles. The Morgan fingerprint density at radius 1 is 1.25 bits per heavy atom. The smallest absolute Gasteiger partial charge is 0.147 e. The van der Waals surface area contributed by atoms with Crippen molar-refractivity contribution in [2.75, 3.05) is 19.1 Å². The molecule has 1 rings (SSSR count). The van der Waals surface area contributed by atoms with E-state index in [2.05, 4.69) is 17.4 Å². The van der Waals surface area contributed by atoms with Crippen molar-refractivity contribution in [3.8, 4) is 0 Å². The molecule has 0 radical (unpaired) electrons. The van der Waals surface area contributed by atoms with E-state index in [0.717, 1.165) is 6.42 Å². The van der Waals surface area contributed by atoms with E-state index in [-0.39, 0.29) is 11.8 Å². The number of hydrogen-bond donors (Lipinski definition) is 1. The third kappa shape index (κ3) is 4.77. The molecular weight excluding hydrogens is 222 g/mol. The first-order valence-electron chi connectivity index (χ1n) is 5.43. The van der Waals surface area contributed by atoms with E-state index in [9.17, 15) is 8.42 Å². The van der Waals surface area contributed by atoms with Crippen LogP contribution in [0.3, 0.4) is 0 Å². The largest absolute Gasteiger partial charge is 0.313 e. The molecule has 4 heteroatoms. The minimum Gasteiger partial charge on any atom is -0.313 e. The van der Waals surface area contributed by atoms with Gasteiger partial charge in [0.15, 0.2) is 0 Å². The van der Waals surface area contributed by atoms with Crippen molar-refractivity contribution in [3.05, 3.63) is 35.9 Å². The van der Waals surface area contributed by atoms with E-state index in [1.807, 2.05) is 25.2 Å². The van der Waals surface area contributed by atoms with Gasteiger partial charge in [0.2, 0.25) is 0 Å². The van der Waals surface area contributed by atoms with Crippen molar-refractivity contribution < 1.29 is 8.42 Å². The van der Waals surface area contributed by atoms with Crippen molar-refractivity contribution in [3.63, 3.8) is 0 Å². The first kappa shape index (κ1) is 13.2. The molecule has 1 unspecified atom stereocenters. The van der Waals surface area contributed by atoms with Gasteiger partial charge < -0.3 is 5.32 Å². The molecular formula is C12H19NO2S. The summed E-state index contributed by atoms with van der Waals surface area (Å²) in [5.74, 6) is 0.262. The summed E-state index contributed by atoms with van der Waals surface area (Å²) in [6.07, 6.45) is 2.82. The van der Waals surface area contributed by atoms with Crippen LogP contribution in [-0.4, -0.2) is 27.5 Å². The predicted octanol–water partition coefficient (Wildman–Crippen LogP) is 1.77. The summed E-state index contributed by atoms with van der Waals surface area (Å²) in [4.78, 5) is 0. The summed E-state index contributed by atoms with van der Waals surface area (Å²) in [6.45, 7) is 0. The topological polar surface area (TPSA) is 46.2 Å². The highest BCUT2D eigenvalue weighted by molar-refractivity contribution is 7.90. The van der Waals surface area contributed by atoms with Gasteiger partial charge in [0.25, 0.3) is 0 Å². The van der Waals surface area contributed by atoms with Crippen molar-refractivity contribution in [2.45, 2.75) is 18.9 Å². The molecule has 0 saturated carbocycles. The standard InChI is InChI=1S/C12H19NO2S/c1-13-12(9-6-10-16(2,14)15)11-7-4-3-5-8-11/h3-5,7-8,12-13H,6,9-10H2,1-2H3. The van der Waals surface area contributed by atoms with Crippen LogP contribution in [0.2, 0.25) is 0 Å². The molecule has 0 saturated heterocycles. The van der Waals surface area contributed by atoms with Gasteiger partial charge in [-0.15, -0.1) is 0 Å². The second-order valence-electron chi connectivity index (χ2n) is 4.02. The Bertz CT molecular complexity index is 400. The maximum atomic E-state index is 11.0. The third-order valence-corrected chi connectivity index (χ3v) is 3.59. The minimum atomic E-state index is -2.84. The monoisotopic (exact) mass is 241 g/mol. The van der Waals surface area contributed by atoms with Crippen LogP contribution in [0.1, 0.15) is 24.4 Å². The first-order valence-corrected chi connectivity index (χ1v) is 7.49. The highest BCUT2D eigenvalue weighted by Crippen LogP contribution is 2.17. The minimum absolute atomic E-state index is 0.239. The van der Waals surface area contributed by atoms with E-state index < -0.39 is 9.84 Å². The number of rotatable bonds is 6. The van der Waals surface area contributed by atoms with Gasteiger partial charge in [-0.3, -0.25) is 0 Å². The van der Waals surface area contributed by atoms with Gasteiger partial charge in [0.1, 0.15) is 9.84 Å². The molecule has 1 aromatic carbocycles. The Hall–Kier alpha value is -0.870. The average Bonchev–Trinajstić information content (AvgIpc) is 2.24. The van der Waals surface area contributed by atoms with Crippen LogP contribution >= 0.6 is 0 Å². The summed E-state index contributed by atoms with van der Waals surface area (Å²) in [5.41, 5.74) is 1.21. The molecule has 0 spiro atoms. The second kappa shape index (κ2) is 6.01. The molecule has 1 atom stereocenters. The molecule has 0 amide bonds. The van der Waals surface area contributed by atoms with Crippen LogP contribution in [0, 0.1) is 0 Å². The molecule has 90 valence electrons. The van der Waals surface area contributed by atoms with Crippen LogP contribution in [0.4, 0.5) is 0 Å².